The van der Waals surface area contributed by atoms with E-state index in [1.165, 1.54) is 4.90 Å². The average Bonchev–Trinajstić information content (AvgIpc) is 2.95. The molecule has 1 saturated carbocycles. The lowest BCUT2D eigenvalue weighted by atomic mass is 9.67. The van der Waals surface area contributed by atoms with Crippen molar-refractivity contribution in [1.82, 2.24) is 30.3 Å². The number of carbonyl (C=O) groups is 2. The first-order valence-corrected chi connectivity index (χ1v) is 14.9. The molecule has 4 aliphatic rings. The van der Waals surface area contributed by atoms with Crippen LogP contribution < -0.4 is 10.6 Å². The fraction of sp³-hybridized carbons (Fsp3) is 0.633. The number of hydrogen-bond acceptors (Lipinski definition) is 7. The predicted molar refractivity (Wildman–Crippen MR) is 151 cm³/mol. The number of likely N-dealkylation sites (tertiary alicyclic amines) is 1. The van der Waals surface area contributed by atoms with E-state index in [4.69, 9.17) is 4.74 Å². The Morgan fingerprint density at radius 2 is 1.98 bits per heavy atom. The van der Waals surface area contributed by atoms with Gasteiger partial charge in [-0.25, -0.2) is 0 Å². The van der Waals surface area contributed by atoms with Gasteiger partial charge in [0, 0.05) is 62.8 Å². The molecule has 2 amide bonds. The monoisotopic (exact) mass is 590 g/mol. The standard InChI is InChI=1S/C30H41F3N6O3/c1-4-22-20-38(27(41)28(11-7-12-28)30(31,32)33)16-17-39(22)24-9-13-29(42-5-2,21-8-6-14-34-18-21)36-25(24)26(40)35-19-23-10-15-37(23)3/h6,8-9,13-14,18,22-23,36H,4-5,7,10-12,15-17,19-20H2,1-3H3,(H,35,40)/t22-,23+,29?/m1/s1. The van der Waals surface area contributed by atoms with Gasteiger partial charge < -0.3 is 30.1 Å². The summed E-state index contributed by atoms with van der Waals surface area (Å²) in [5, 5.41) is 6.45. The fourth-order valence-corrected chi connectivity index (χ4v) is 6.41. The number of dihydropyridines is 1. The lowest BCUT2D eigenvalue weighted by molar-refractivity contribution is -0.249. The second kappa shape index (κ2) is 11.9. The molecular formula is C30H41F3N6O3. The van der Waals surface area contributed by atoms with Crippen LogP contribution in [0.3, 0.4) is 0 Å². The van der Waals surface area contributed by atoms with E-state index < -0.39 is 23.2 Å². The number of piperazine rings is 1. The van der Waals surface area contributed by atoms with Crippen molar-refractivity contribution in [2.75, 3.05) is 46.4 Å². The van der Waals surface area contributed by atoms with Crippen LogP contribution in [0.25, 0.3) is 0 Å². The Labute approximate surface area is 245 Å². The molecular weight excluding hydrogens is 549 g/mol. The minimum absolute atomic E-state index is 0.144. The number of ether oxygens (including phenoxy) is 1. The first-order chi connectivity index (χ1) is 20.0. The highest BCUT2D eigenvalue weighted by atomic mass is 19.4. The summed E-state index contributed by atoms with van der Waals surface area (Å²) in [6.07, 6.45) is 4.18. The van der Waals surface area contributed by atoms with E-state index in [-0.39, 0.29) is 43.9 Å². The number of rotatable bonds is 9. The lowest BCUT2D eigenvalue weighted by Gasteiger charge is -2.49. The van der Waals surface area contributed by atoms with Gasteiger partial charge in [-0.3, -0.25) is 14.6 Å². The summed E-state index contributed by atoms with van der Waals surface area (Å²) in [7, 11) is 2.02. The largest absolute Gasteiger partial charge is 0.403 e. The molecule has 5 rings (SSSR count). The van der Waals surface area contributed by atoms with Gasteiger partial charge in [-0.2, -0.15) is 13.2 Å². The molecule has 3 fully saturated rings. The van der Waals surface area contributed by atoms with Gasteiger partial charge in [0.05, 0.1) is 5.70 Å². The fourth-order valence-electron chi connectivity index (χ4n) is 6.41. The molecule has 3 atom stereocenters. The number of nitrogens with one attached hydrogen (secondary N) is 2. The molecule has 4 heterocycles. The van der Waals surface area contributed by atoms with E-state index in [9.17, 15) is 22.8 Å². The molecule has 1 aliphatic carbocycles. The van der Waals surface area contributed by atoms with Gasteiger partial charge in [-0.15, -0.1) is 0 Å². The van der Waals surface area contributed by atoms with E-state index in [1.54, 1.807) is 18.5 Å². The maximum absolute atomic E-state index is 14.0. The third-order valence-corrected chi connectivity index (χ3v) is 9.38. The number of aromatic nitrogens is 1. The van der Waals surface area contributed by atoms with Gasteiger partial charge in [0.25, 0.3) is 5.91 Å². The second-order valence-corrected chi connectivity index (χ2v) is 11.7. The summed E-state index contributed by atoms with van der Waals surface area (Å²) in [6.45, 7) is 6.27. The number of halogens is 3. The van der Waals surface area contributed by atoms with Crippen molar-refractivity contribution in [3.63, 3.8) is 0 Å². The molecule has 0 bridgehead atoms. The molecule has 230 valence electrons. The first-order valence-electron chi connectivity index (χ1n) is 14.9. The van der Waals surface area contributed by atoms with Crippen molar-refractivity contribution in [3.05, 3.63) is 53.6 Å². The molecule has 0 spiro atoms. The summed E-state index contributed by atoms with van der Waals surface area (Å²) < 4.78 is 48.1. The Bertz CT molecular complexity index is 1220. The molecule has 0 radical (unpaired) electrons. The maximum Gasteiger partial charge on any atom is 0.403 e. The number of likely N-dealkylation sites (N-methyl/N-ethyl adjacent to an activating group) is 1. The molecule has 0 aromatic carbocycles. The van der Waals surface area contributed by atoms with Gasteiger partial charge in [-0.05, 0) is 64.4 Å². The minimum atomic E-state index is -4.56. The summed E-state index contributed by atoms with van der Waals surface area (Å²) in [5.74, 6) is -1.11. The van der Waals surface area contributed by atoms with Gasteiger partial charge in [0.1, 0.15) is 11.1 Å². The molecule has 1 unspecified atom stereocenters. The van der Waals surface area contributed by atoms with Crippen LogP contribution in [-0.2, 0) is 20.1 Å². The van der Waals surface area contributed by atoms with Crippen molar-refractivity contribution in [2.24, 2.45) is 5.41 Å². The number of amides is 2. The van der Waals surface area contributed by atoms with E-state index in [0.29, 0.717) is 43.9 Å². The van der Waals surface area contributed by atoms with Crippen LogP contribution in [0.2, 0.25) is 0 Å². The molecule has 1 aromatic heterocycles. The van der Waals surface area contributed by atoms with Crippen molar-refractivity contribution in [3.8, 4) is 0 Å². The summed E-state index contributed by atoms with van der Waals surface area (Å²) >= 11 is 0. The van der Waals surface area contributed by atoms with Crippen LogP contribution in [0.4, 0.5) is 13.2 Å². The first kappa shape index (κ1) is 30.3. The van der Waals surface area contributed by atoms with Crippen molar-refractivity contribution < 1.29 is 27.5 Å². The number of carbonyl (C=O) groups excluding carboxylic acids is 2. The zero-order chi connectivity index (χ0) is 30.1. The quantitative estimate of drug-likeness (QED) is 0.457. The van der Waals surface area contributed by atoms with Crippen LogP contribution in [-0.4, -0.2) is 96.1 Å². The highest BCUT2D eigenvalue weighted by Gasteiger charge is 2.64. The molecule has 2 saturated heterocycles. The summed E-state index contributed by atoms with van der Waals surface area (Å²) in [5.41, 5.74) is -1.72. The van der Waals surface area contributed by atoms with E-state index in [0.717, 1.165) is 18.5 Å². The summed E-state index contributed by atoms with van der Waals surface area (Å²) in [4.78, 5) is 36.9. The maximum atomic E-state index is 14.0. The number of alkyl halides is 3. The van der Waals surface area contributed by atoms with Crippen molar-refractivity contribution >= 4 is 11.8 Å². The smallest absolute Gasteiger partial charge is 0.363 e. The molecule has 9 nitrogen and oxygen atoms in total. The van der Waals surface area contributed by atoms with Crippen LogP contribution in [0.15, 0.2) is 48.1 Å². The Hall–Kier alpha value is -3.12. The van der Waals surface area contributed by atoms with Crippen LogP contribution >= 0.6 is 0 Å². The summed E-state index contributed by atoms with van der Waals surface area (Å²) in [6, 6.07) is 3.67. The zero-order valence-corrected chi connectivity index (χ0v) is 24.5. The highest BCUT2D eigenvalue weighted by Crippen LogP contribution is 2.54. The molecule has 42 heavy (non-hydrogen) atoms. The van der Waals surface area contributed by atoms with Gasteiger partial charge in [0.2, 0.25) is 5.91 Å². The SMILES string of the molecule is CCOC1(c2cccnc2)C=CC(N2CCN(C(=O)C3(C(F)(F)F)CCC3)C[C@H]2CC)=C(C(=O)NC[C@@H]2CCN2C)N1. The molecule has 12 heteroatoms. The number of hydrogen-bond donors (Lipinski definition) is 2. The van der Waals surface area contributed by atoms with E-state index in [1.807, 2.05) is 44.0 Å². The highest BCUT2D eigenvalue weighted by molar-refractivity contribution is 5.94. The molecule has 1 aromatic rings. The average molecular weight is 591 g/mol. The lowest BCUT2D eigenvalue weighted by Crippen LogP contribution is -2.62. The zero-order valence-electron chi connectivity index (χ0n) is 24.5. The Balaban J connectivity index is 1.43. The number of pyridine rings is 1. The number of nitrogens with zero attached hydrogens (tertiary/aromatic N) is 4. The van der Waals surface area contributed by atoms with Crippen molar-refractivity contribution in [2.45, 2.75) is 69.9 Å². The second-order valence-electron chi connectivity index (χ2n) is 11.7. The van der Waals surface area contributed by atoms with Gasteiger partial charge >= 0.3 is 6.18 Å². The Morgan fingerprint density at radius 1 is 1.19 bits per heavy atom. The predicted octanol–water partition coefficient (Wildman–Crippen LogP) is 3.12. The van der Waals surface area contributed by atoms with Crippen molar-refractivity contribution in [1.29, 1.82) is 0 Å². The third-order valence-electron chi connectivity index (χ3n) is 9.38. The third kappa shape index (κ3) is 5.39. The Morgan fingerprint density at radius 3 is 2.52 bits per heavy atom. The van der Waals surface area contributed by atoms with E-state index in [2.05, 4.69) is 20.5 Å². The normalized spacial score (nSPS) is 27.7. The van der Waals surface area contributed by atoms with E-state index >= 15 is 0 Å². The van der Waals surface area contributed by atoms with Crippen LogP contribution in [0, 0.1) is 5.41 Å². The topological polar surface area (TPSA) is 90.0 Å². The Kier molecular flexibility index (Phi) is 8.58. The molecule has 2 N–H and O–H groups in total. The van der Waals surface area contributed by atoms with Gasteiger partial charge in [-0.1, -0.05) is 19.4 Å². The van der Waals surface area contributed by atoms with Gasteiger partial charge in [0.15, 0.2) is 5.72 Å². The van der Waals surface area contributed by atoms with Crippen LogP contribution in [0.5, 0.6) is 0 Å². The number of allylic oxidation sites excluding steroid dienone is 1. The molecule has 3 aliphatic heterocycles. The minimum Gasteiger partial charge on any atom is -0.363 e. The van der Waals surface area contributed by atoms with Crippen LogP contribution in [0.1, 0.15) is 51.5 Å².